The number of carboxylic acid groups (broad SMARTS) is 1. The molecule has 0 bridgehead atoms. The molecule has 1 aliphatic rings. The lowest BCUT2D eigenvalue weighted by Crippen LogP contribution is -2.46. The van der Waals surface area contributed by atoms with E-state index in [0.717, 1.165) is 29.5 Å². The maximum atomic E-state index is 12.5. The summed E-state index contributed by atoms with van der Waals surface area (Å²) in [5.41, 5.74) is 0.686. The summed E-state index contributed by atoms with van der Waals surface area (Å²) in [7, 11) is 1.53. The zero-order valence-electron chi connectivity index (χ0n) is 15.0. The number of ether oxygens (including phenoxy) is 2. The quantitative estimate of drug-likeness (QED) is 0.364. The number of hydrogen-bond donors (Lipinski definition) is 2. The third kappa shape index (κ3) is 5.00. The molecule has 7 nitrogen and oxygen atoms in total. The Morgan fingerprint density at radius 3 is 2.74 bits per heavy atom. The minimum absolute atomic E-state index is 0.0965. The van der Waals surface area contributed by atoms with Gasteiger partial charge in [-0.3, -0.25) is 9.69 Å². The van der Waals surface area contributed by atoms with Gasteiger partial charge in [0.2, 0.25) is 0 Å². The lowest BCUT2D eigenvalue weighted by molar-refractivity contribution is -0.146. The number of carbonyl (C=O) groups is 2. The van der Waals surface area contributed by atoms with Crippen molar-refractivity contribution in [2.24, 2.45) is 0 Å². The van der Waals surface area contributed by atoms with Crippen LogP contribution in [-0.2, 0) is 9.59 Å². The molecule has 2 rings (SSSR count). The van der Waals surface area contributed by atoms with Crippen molar-refractivity contribution in [1.82, 2.24) is 4.90 Å². The molecule has 1 aromatic rings. The highest BCUT2D eigenvalue weighted by atomic mass is 32.2. The number of benzene rings is 1. The van der Waals surface area contributed by atoms with E-state index in [1.165, 1.54) is 7.11 Å². The molecule has 9 heteroatoms. The van der Waals surface area contributed by atoms with E-state index in [-0.39, 0.29) is 9.23 Å². The number of carboxylic acids is 1. The Bertz CT molecular complexity index is 764. The van der Waals surface area contributed by atoms with E-state index in [0.29, 0.717) is 23.7 Å². The van der Waals surface area contributed by atoms with Crippen LogP contribution in [0.15, 0.2) is 23.1 Å². The number of methoxy groups -OCH3 is 1. The zero-order chi connectivity index (χ0) is 20.0. The highest BCUT2D eigenvalue weighted by Gasteiger charge is 2.40. The van der Waals surface area contributed by atoms with Crippen LogP contribution in [0.3, 0.4) is 0 Å². The number of nitrogens with zero attached hydrogens (tertiary/aromatic N) is 1. The smallest absolute Gasteiger partial charge is 0.329 e. The van der Waals surface area contributed by atoms with Gasteiger partial charge in [-0.2, -0.15) is 0 Å². The molecule has 2 N–H and O–H groups in total. The second-order valence-corrected chi connectivity index (χ2v) is 7.38. The summed E-state index contributed by atoms with van der Waals surface area (Å²) in [6.07, 6.45) is 3.56. The highest BCUT2D eigenvalue weighted by Crippen LogP contribution is 2.35. The molecule has 1 atom stereocenters. The minimum atomic E-state index is -1.40. The predicted octanol–water partition coefficient (Wildman–Crippen LogP) is 2.52. The average molecular weight is 412 g/mol. The number of carbonyl (C=O) groups excluding carboxylic acids is 1. The summed E-state index contributed by atoms with van der Waals surface area (Å²) < 4.78 is 11.1. The van der Waals surface area contributed by atoms with Crippen LogP contribution in [0.2, 0.25) is 0 Å². The molecule has 1 aliphatic heterocycles. The molecule has 1 fully saturated rings. The Hall–Kier alpha value is -2.10. The van der Waals surface area contributed by atoms with E-state index >= 15 is 0 Å². The van der Waals surface area contributed by atoms with Crippen LogP contribution in [-0.4, -0.2) is 57.7 Å². The van der Waals surface area contributed by atoms with Crippen molar-refractivity contribution < 1.29 is 29.3 Å². The maximum Gasteiger partial charge on any atom is 0.329 e. The first-order valence-electron chi connectivity index (χ1n) is 8.34. The van der Waals surface area contributed by atoms with Gasteiger partial charge in [-0.15, -0.1) is 0 Å². The first kappa shape index (κ1) is 21.2. The van der Waals surface area contributed by atoms with E-state index in [4.69, 9.17) is 26.8 Å². The molecule has 1 saturated heterocycles. The number of aliphatic hydroxyl groups excluding tert-OH is 1. The average Bonchev–Trinajstić information content (AvgIpc) is 2.91. The SMILES string of the molecule is CCCCOc1ccc(/C=C2\SC(=S)N(C(CO)C(=O)O)C2=O)cc1OC. The first-order chi connectivity index (χ1) is 12.9. The van der Waals surface area contributed by atoms with Gasteiger partial charge in [-0.25, -0.2) is 4.79 Å². The summed E-state index contributed by atoms with van der Waals surface area (Å²) in [6, 6.07) is 3.87. The number of aliphatic carboxylic acids is 1. The van der Waals surface area contributed by atoms with Crippen LogP contribution < -0.4 is 9.47 Å². The van der Waals surface area contributed by atoms with Crippen LogP contribution in [0.5, 0.6) is 11.5 Å². The van der Waals surface area contributed by atoms with E-state index in [1.807, 2.05) is 0 Å². The molecule has 0 aromatic heterocycles. The van der Waals surface area contributed by atoms with Crippen molar-refractivity contribution in [2.75, 3.05) is 20.3 Å². The first-order valence-corrected chi connectivity index (χ1v) is 9.57. The van der Waals surface area contributed by atoms with Gasteiger partial charge in [-0.1, -0.05) is 43.4 Å². The molecular weight excluding hydrogens is 390 g/mol. The fraction of sp³-hybridized carbons (Fsp3) is 0.389. The van der Waals surface area contributed by atoms with Gasteiger partial charge in [0.05, 0.1) is 25.2 Å². The van der Waals surface area contributed by atoms with Gasteiger partial charge in [0, 0.05) is 0 Å². The van der Waals surface area contributed by atoms with E-state index in [9.17, 15) is 14.7 Å². The van der Waals surface area contributed by atoms with Crippen LogP contribution in [0.1, 0.15) is 25.3 Å². The number of thioether (sulfide) groups is 1. The van der Waals surface area contributed by atoms with E-state index < -0.39 is 24.5 Å². The van der Waals surface area contributed by atoms with Gasteiger partial charge in [-0.05, 0) is 30.2 Å². The summed E-state index contributed by atoms with van der Waals surface area (Å²) in [5, 5.41) is 18.4. The molecule has 0 radical (unpaired) electrons. The minimum Gasteiger partial charge on any atom is -0.493 e. The summed E-state index contributed by atoms with van der Waals surface area (Å²) in [6.45, 7) is 1.95. The Labute approximate surface area is 166 Å². The third-order valence-corrected chi connectivity index (χ3v) is 5.16. The van der Waals surface area contributed by atoms with Crippen molar-refractivity contribution in [2.45, 2.75) is 25.8 Å². The van der Waals surface area contributed by atoms with Crippen molar-refractivity contribution in [1.29, 1.82) is 0 Å². The monoisotopic (exact) mass is 411 g/mol. The number of aliphatic hydroxyl groups is 1. The highest BCUT2D eigenvalue weighted by molar-refractivity contribution is 8.26. The Morgan fingerprint density at radius 2 is 2.15 bits per heavy atom. The predicted molar refractivity (Wildman–Crippen MR) is 107 cm³/mol. The van der Waals surface area contributed by atoms with Gasteiger partial charge < -0.3 is 19.7 Å². The van der Waals surface area contributed by atoms with Crippen molar-refractivity contribution in [3.63, 3.8) is 0 Å². The summed E-state index contributed by atoms with van der Waals surface area (Å²) in [4.78, 5) is 25.0. The zero-order valence-corrected chi connectivity index (χ0v) is 16.6. The normalized spacial score (nSPS) is 16.7. The van der Waals surface area contributed by atoms with Gasteiger partial charge >= 0.3 is 5.97 Å². The summed E-state index contributed by atoms with van der Waals surface area (Å²) in [5.74, 6) is -0.713. The van der Waals surface area contributed by atoms with Gasteiger partial charge in [0.25, 0.3) is 5.91 Å². The van der Waals surface area contributed by atoms with Crippen molar-refractivity contribution in [3.8, 4) is 11.5 Å². The van der Waals surface area contributed by atoms with E-state index in [2.05, 4.69) is 6.92 Å². The molecule has 0 aliphatic carbocycles. The number of amides is 1. The van der Waals surface area contributed by atoms with Crippen LogP contribution in [0.4, 0.5) is 0 Å². The lowest BCUT2D eigenvalue weighted by atomic mass is 10.1. The largest absolute Gasteiger partial charge is 0.493 e. The van der Waals surface area contributed by atoms with Gasteiger partial charge in [0.1, 0.15) is 4.32 Å². The van der Waals surface area contributed by atoms with Crippen molar-refractivity contribution in [3.05, 3.63) is 28.7 Å². The van der Waals surface area contributed by atoms with Crippen LogP contribution >= 0.6 is 24.0 Å². The van der Waals surface area contributed by atoms with Gasteiger partial charge in [0.15, 0.2) is 17.5 Å². The molecular formula is C18H21NO6S2. The summed E-state index contributed by atoms with van der Waals surface area (Å²) >= 11 is 6.10. The molecule has 0 spiro atoms. The molecule has 146 valence electrons. The fourth-order valence-corrected chi connectivity index (χ4v) is 3.75. The fourth-order valence-electron chi connectivity index (χ4n) is 2.39. The number of thiocarbonyl (C=S) groups is 1. The number of unbranched alkanes of at least 4 members (excludes halogenated alkanes) is 1. The molecule has 0 saturated carbocycles. The second kappa shape index (κ2) is 9.72. The molecule has 1 heterocycles. The van der Waals surface area contributed by atoms with Crippen LogP contribution in [0.25, 0.3) is 6.08 Å². The standard InChI is InChI=1S/C18H21NO6S2/c1-3-4-7-25-13-6-5-11(8-14(13)24-2)9-15-16(21)19(18(26)27-15)12(10-20)17(22)23/h5-6,8-9,12,20H,3-4,7,10H2,1-2H3,(H,22,23)/b15-9-. The number of rotatable bonds is 9. The molecule has 1 amide bonds. The van der Waals surface area contributed by atoms with Crippen LogP contribution in [0, 0.1) is 0 Å². The van der Waals surface area contributed by atoms with Crippen molar-refractivity contribution >= 4 is 46.3 Å². The molecule has 1 unspecified atom stereocenters. The Balaban J connectivity index is 2.24. The lowest BCUT2D eigenvalue weighted by Gasteiger charge is -2.20. The molecule has 27 heavy (non-hydrogen) atoms. The third-order valence-electron chi connectivity index (χ3n) is 3.83. The maximum absolute atomic E-state index is 12.5. The Kier molecular flexibility index (Phi) is 7.64. The Morgan fingerprint density at radius 1 is 1.41 bits per heavy atom. The number of hydrogen-bond acceptors (Lipinski definition) is 7. The molecule has 1 aromatic carbocycles. The second-order valence-electron chi connectivity index (χ2n) is 5.70. The van der Waals surface area contributed by atoms with E-state index in [1.54, 1.807) is 24.3 Å². The topological polar surface area (TPSA) is 96.3 Å².